The summed E-state index contributed by atoms with van der Waals surface area (Å²) in [6, 6.07) is 16.4. The molecule has 0 atom stereocenters. The summed E-state index contributed by atoms with van der Waals surface area (Å²) < 4.78 is 82.8. The van der Waals surface area contributed by atoms with Gasteiger partial charge in [-0.3, -0.25) is 23.4 Å². The number of carbonyl (C=O) groups is 1. The van der Waals surface area contributed by atoms with Gasteiger partial charge in [-0.05, 0) is 87.4 Å². The highest BCUT2D eigenvalue weighted by Gasteiger charge is 2.24. The van der Waals surface area contributed by atoms with E-state index in [1.807, 2.05) is 13.8 Å². The number of anilines is 2. The number of aromatic nitrogens is 4. The zero-order valence-electron chi connectivity index (χ0n) is 29.6. The van der Waals surface area contributed by atoms with Crippen molar-refractivity contribution < 1.29 is 34.8 Å². The lowest BCUT2D eigenvalue weighted by Crippen LogP contribution is -2.32. The molecule has 0 saturated heterocycles. The van der Waals surface area contributed by atoms with E-state index in [4.69, 9.17) is 33.4 Å². The van der Waals surface area contributed by atoms with Gasteiger partial charge in [-0.1, -0.05) is 35.3 Å². The number of hydrogen-bond donors (Lipinski definition) is 1. The molecule has 0 fully saturated rings. The fourth-order valence-corrected chi connectivity index (χ4v) is 7.17. The third-order valence-electron chi connectivity index (χ3n) is 7.93. The first-order valence-electron chi connectivity index (χ1n) is 16.3. The predicted octanol–water partition coefficient (Wildman–Crippen LogP) is 6.93. The van der Waals surface area contributed by atoms with Gasteiger partial charge in [0.25, 0.3) is 5.89 Å². The lowest BCUT2D eigenvalue weighted by molar-refractivity contribution is 0.100. The van der Waals surface area contributed by atoms with Crippen molar-refractivity contribution in [1.29, 1.82) is 0 Å². The summed E-state index contributed by atoms with van der Waals surface area (Å²) in [5, 5.41) is 7.77. The number of alkyl halides is 2. The number of nitrogens with two attached hydrogens (primary N) is 1. The molecule has 5 rings (SSSR count). The van der Waals surface area contributed by atoms with E-state index < -0.39 is 32.4 Å². The summed E-state index contributed by atoms with van der Waals surface area (Å²) in [5.74, 6) is -1.25. The number of pyridine rings is 2. The molecular weight excluding hydrogens is 787 g/mol. The Kier molecular flexibility index (Phi) is 14.2. The van der Waals surface area contributed by atoms with Crippen LogP contribution in [0.4, 0.5) is 20.2 Å². The monoisotopic (exact) mass is 823 g/mol. The van der Waals surface area contributed by atoms with Gasteiger partial charge in [0, 0.05) is 28.0 Å². The maximum atomic E-state index is 12.6. The minimum atomic E-state index is -3.60. The van der Waals surface area contributed by atoms with Crippen LogP contribution in [0.1, 0.15) is 59.0 Å². The van der Waals surface area contributed by atoms with Crippen molar-refractivity contribution in [2.24, 2.45) is 5.73 Å². The molecule has 0 unspecified atom stereocenters. The van der Waals surface area contributed by atoms with Crippen LogP contribution < -0.4 is 14.3 Å². The fraction of sp³-hybridized carbons (Fsp3) is 0.286. The second kappa shape index (κ2) is 18.2. The number of carbonyl (C=O) groups excluding carboxylic acids is 1. The molecule has 0 saturated carbocycles. The number of halogens is 4. The van der Waals surface area contributed by atoms with Gasteiger partial charge in [0.1, 0.15) is 0 Å². The Bertz CT molecular complexity index is 2300. The minimum Gasteiger partial charge on any atom is -0.415 e. The number of aryl methyl sites for hydroxylation is 2. The lowest BCUT2D eigenvalue weighted by Gasteiger charge is -2.24. The Balaban J connectivity index is 0.000000244. The molecule has 19 heteroatoms. The molecule has 0 bridgehead atoms. The molecule has 0 aliphatic rings. The van der Waals surface area contributed by atoms with Crippen LogP contribution in [0.25, 0.3) is 11.5 Å². The Hall–Kier alpha value is -4.55. The molecule has 0 aliphatic heterocycles. The molecule has 2 N–H and O–H groups in total. The zero-order chi connectivity index (χ0) is 39.8. The number of nitrogens with zero attached hydrogens (tertiary/aromatic N) is 6. The van der Waals surface area contributed by atoms with Crippen molar-refractivity contribution in [3.8, 4) is 11.5 Å². The van der Waals surface area contributed by atoms with Gasteiger partial charge < -0.3 is 10.2 Å². The maximum Gasteiger partial charge on any atom is 0.314 e. The summed E-state index contributed by atoms with van der Waals surface area (Å²) in [7, 11) is -7.12. The van der Waals surface area contributed by atoms with Crippen LogP contribution in [0, 0.1) is 13.8 Å². The highest BCUT2D eigenvalue weighted by atomic mass is 35.5. The van der Waals surface area contributed by atoms with Crippen molar-refractivity contribution in [2.45, 2.75) is 47.2 Å². The van der Waals surface area contributed by atoms with Crippen LogP contribution in [0.5, 0.6) is 0 Å². The van der Waals surface area contributed by atoms with Gasteiger partial charge in [0.15, 0.2) is 5.78 Å². The first-order valence-corrected chi connectivity index (χ1v) is 20.2. The highest BCUT2D eigenvalue weighted by molar-refractivity contribution is 7.93. The van der Waals surface area contributed by atoms with Crippen LogP contribution in [-0.4, -0.2) is 60.8 Å². The standard InChI is InChI=1S/C18H17ClF2N4O3S.C17H20ClN3O3S/c1-3-29(26,27)25(14-7-4-11(2)15(19)8-14)10-13-6-5-12(9-22-13)17-23-24-18(28-17)16(20)21;1-3-25(23,24)21(15-7-4-12(2)16(18)8-15)11-14-6-5-13(10-20-14)17(22)9-19/h4-9,16H,3,10H2,1-2H3;4-8,10H,3,9,11,19H2,1-2H3. The van der Waals surface area contributed by atoms with Crippen LogP contribution in [0.2, 0.25) is 10.0 Å². The molecule has 0 amide bonds. The molecule has 5 aromatic rings. The summed E-state index contributed by atoms with van der Waals surface area (Å²) in [6.45, 7) is 6.72. The second-order valence-electron chi connectivity index (χ2n) is 11.6. The molecule has 3 heterocycles. The third kappa shape index (κ3) is 10.6. The highest BCUT2D eigenvalue weighted by Crippen LogP contribution is 2.29. The number of ketones is 1. The molecular formula is C35H37Cl2F2N7O6S2. The van der Waals surface area contributed by atoms with Crippen molar-refractivity contribution in [2.75, 3.05) is 26.7 Å². The SMILES string of the molecule is CCS(=O)(=O)N(Cc1ccc(-c2nnc(C(F)F)o2)cn1)c1ccc(C)c(Cl)c1.CCS(=O)(=O)N(Cc1ccc(C(=O)CN)cn1)c1ccc(C)c(Cl)c1. The number of Topliss-reactive ketones (excluding diaryl/α,β-unsaturated/α-hetero) is 1. The van der Waals surface area contributed by atoms with Gasteiger partial charge in [0.2, 0.25) is 25.9 Å². The largest absolute Gasteiger partial charge is 0.415 e. The first-order chi connectivity index (χ1) is 25.5. The Morgan fingerprint density at radius 3 is 1.65 bits per heavy atom. The van der Waals surface area contributed by atoms with E-state index in [-0.39, 0.29) is 42.8 Å². The summed E-state index contributed by atoms with van der Waals surface area (Å²) in [4.78, 5) is 20.0. The molecule has 0 aliphatic carbocycles. The number of benzene rings is 2. The smallest absolute Gasteiger partial charge is 0.314 e. The van der Waals surface area contributed by atoms with Crippen molar-refractivity contribution in [3.63, 3.8) is 0 Å². The topological polar surface area (TPSA) is 183 Å². The number of rotatable bonds is 14. The quantitative estimate of drug-likeness (QED) is 0.115. The van der Waals surface area contributed by atoms with E-state index in [2.05, 4.69) is 20.2 Å². The molecule has 0 radical (unpaired) electrons. The van der Waals surface area contributed by atoms with Crippen molar-refractivity contribution in [3.05, 3.63) is 117 Å². The van der Waals surface area contributed by atoms with Crippen LogP contribution in [0.15, 0.2) is 77.5 Å². The molecule has 288 valence electrons. The Morgan fingerprint density at radius 2 is 1.28 bits per heavy atom. The lowest BCUT2D eigenvalue weighted by atomic mass is 10.2. The summed E-state index contributed by atoms with van der Waals surface area (Å²) >= 11 is 12.3. The Labute approximate surface area is 322 Å². The molecule has 13 nitrogen and oxygen atoms in total. The third-order valence-corrected chi connectivity index (χ3v) is 12.2. The first kappa shape index (κ1) is 42.2. The molecule has 3 aromatic heterocycles. The van der Waals surface area contributed by atoms with Gasteiger partial charge in [0.05, 0.1) is 59.5 Å². The summed E-state index contributed by atoms with van der Waals surface area (Å²) in [5.41, 5.74) is 9.61. The molecule has 0 spiro atoms. The van der Waals surface area contributed by atoms with Gasteiger partial charge in [-0.25, -0.2) is 16.8 Å². The average molecular weight is 825 g/mol. The van der Waals surface area contributed by atoms with Gasteiger partial charge in [-0.2, -0.15) is 8.78 Å². The van der Waals surface area contributed by atoms with Gasteiger partial charge >= 0.3 is 6.43 Å². The molecule has 54 heavy (non-hydrogen) atoms. The Morgan fingerprint density at radius 1 is 0.778 bits per heavy atom. The van der Waals surface area contributed by atoms with E-state index in [9.17, 15) is 30.4 Å². The predicted molar refractivity (Wildman–Crippen MR) is 204 cm³/mol. The second-order valence-corrected chi connectivity index (χ2v) is 16.8. The normalized spacial score (nSPS) is 11.6. The van der Waals surface area contributed by atoms with E-state index in [0.717, 1.165) is 11.1 Å². The van der Waals surface area contributed by atoms with E-state index in [0.29, 0.717) is 43.9 Å². The van der Waals surface area contributed by atoms with Crippen LogP contribution in [-0.2, 0) is 33.1 Å². The average Bonchev–Trinajstić information content (AvgIpc) is 3.67. The van der Waals surface area contributed by atoms with E-state index in [1.165, 1.54) is 21.0 Å². The van der Waals surface area contributed by atoms with Crippen LogP contribution >= 0.6 is 23.2 Å². The fourth-order valence-electron chi connectivity index (χ4n) is 4.66. The van der Waals surface area contributed by atoms with Crippen molar-refractivity contribution >= 4 is 60.4 Å². The maximum absolute atomic E-state index is 12.6. The van der Waals surface area contributed by atoms with Gasteiger partial charge in [-0.15, -0.1) is 10.2 Å². The molecule has 2 aromatic carbocycles. The number of sulfonamides is 2. The van der Waals surface area contributed by atoms with E-state index >= 15 is 0 Å². The van der Waals surface area contributed by atoms with Crippen LogP contribution in [0.3, 0.4) is 0 Å². The summed E-state index contributed by atoms with van der Waals surface area (Å²) in [6.07, 6.45) is -0.0991. The van der Waals surface area contributed by atoms with E-state index in [1.54, 1.807) is 74.5 Å². The minimum absolute atomic E-state index is 0.0258. The number of hydrogen-bond acceptors (Lipinski definition) is 11. The zero-order valence-corrected chi connectivity index (χ0v) is 32.7. The van der Waals surface area contributed by atoms with Crippen molar-refractivity contribution in [1.82, 2.24) is 20.2 Å².